The minimum atomic E-state index is -0.275. The molecule has 0 saturated carbocycles. The molecule has 4 aromatic rings. The van der Waals surface area contributed by atoms with Crippen LogP contribution in [0.2, 0.25) is 0 Å². The van der Waals surface area contributed by atoms with E-state index < -0.39 is 0 Å². The number of carbonyl (C=O) groups excluding carboxylic acids is 1. The second-order valence-corrected chi connectivity index (χ2v) is 6.38. The van der Waals surface area contributed by atoms with Gasteiger partial charge in [0.05, 0.1) is 17.1 Å². The Hall–Kier alpha value is -2.45. The zero-order valence-corrected chi connectivity index (χ0v) is 12.9. The second-order valence-electron chi connectivity index (χ2n) is 4.56. The first kappa shape index (κ1) is 13.2. The average molecular weight is 330 g/mol. The van der Waals surface area contributed by atoms with Crippen LogP contribution in [-0.2, 0) is 6.54 Å². The molecule has 4 aromatic heterocycles. The van der Waals surface area contributed by atoms with Gasteiger partial charge in [-0.15, -0.1) is 22.7 Å². The van der Waals surface area contributed by atoms with Gasteiger partial charge in [0, 0.05) is 23.8 Å². The van der Waals surface area contributed by atoms with Gasteiger partial charge in [-0.05, 0) is 11.4 Å². The molecule has 1 N–H and O–H groups in total. The summed E-state index contributed by atoms with van der Waals surface area (Å²) < 4.78 is 7.13. The van der Waals surface area contributed by atoms with E-state index in [1.807, 2.05) is 39.7 Å². The highest BCUT2D eigenvalue weighted by atomic mass is 32.1. The summed E-state index contributed by atoms with van der Waals surface area (Å²) in [7, 11) is 0. The number of imidazole rings is 1. The summed E-state index contributed by atoms with van der Waals surface area (Å²) in [4.78, 5) is 18.4. The van der Waals surface area contributed by atoms with Gasteiger partial charge in [0.15, 0.2) is 16.4 Å². The Morgan fingerprint density at radius 3 is 3.14 bits per heavy atom. The monoisotopic (exact) mass is 330 g/mol. The van der Waals surface area contributed by atoms with Crippen LogP contribution in [0.25, 0.3) is 15.6 Å². The van der Waals surface area contributed by atoms with E-state index in [4.69, 9.17) is 4.52 Å². The molecule has 0 unspecified atom stereocenters. The van der Waals surface area contributed by atoms with Crippen LogP contribution in [0.15, 0.2) is 45.9 Å². The van der Waals surface area contributed by atoms with Crippen LogP contribution >= 0.6 is 22.7 Å². The molecule has 6 nitrogen and oxygen atoms in total. The van der Waals surface area contributed by atoms with Crippen LogP contribution in [-0.4, -0.2) is 20.4 Å². The van der Waals surface area contributed by atoms with Gasteiger partial charge < -0.3 is 9.84 Å². The van der Waals surface area contributed by atoms with Crippen molar-refractivity contribution in [2.24, 2.45) is 0 Å². The molecule has 0 aliphatic heterocycles. The number of nitrogens with zero attached hydrogens (tertiary/aromatic N) is 3. The van der Waals surface area contributed by atoms with E-state index in [1.54, 1.807) is 17.4 Å². The Labute approximate surface area is 133 Å². The minimum absolute atomic E-state index is 0.268. The molecule has 4 rings (SSSR count). The number of nitrogens with one attached hydrogen (secondary N) is 1. The molecule has 0 aliphatic carbocycles. The molecule has 0 radical (unpaired) electrons. The highest BCUT2D eigenvalue weighted by molar-refractivity contribution is 7.15. The van der Waals surface area contributed by atoms with E-state index in [1.165, 1.54) is 11.3 Å². The number of rotatable bonds is 4. The molecule has 8 heteroatoms. The van der Waals surface area contributed by atoms with Crippen LogP contribution in [0.1, 0.15) is 16.2 Å². The van der Waals surface area contributed by atoms with Crippen LogP contribution in [0, 0.1) is 0 Å². The van der Waals surface area contributed by atoms with Crippen LogP contribution < -0.4 is 5.32 Å². The Morgan fingerprint density at radius 2 is 2.32 bits per heavy atom. The normalized spacial score (nSPS) is 11.1. The maximum Gasteiger partial charge on any atom is 0.273 e. The molecule has 0 spiro atoms. The van der Waals surface area contributed by atoms with Crippen molar-refractivity contribution in [3.8, 4) is 10.6 Å². The zero-order chi connectivity index (χ0) is 14.9. The summed E-state index contributed by atoms with van der Waals surface area (Å²) >= 11 is 3.09. The van der Waals surface area contributed by atoms with E-state index in [2.05, 4.69) is 15.5 Å². The highest BCUT2D eigenvalue weighted by Crippen LogP contribution is 2.25. The van der Waals surface area contributed by atoms with Crippen molar-refractivity contribution in [2.45, 2.75) is 6.54 Å². The third-order valence-corrected chi connectivity index (χ3v) is 4.74. The summed E-state index contributed by atoms with van der Waals surface area (Å²) in [6.45, 7) is 0.356. The number of fused-ring (bicyclic) bond motifs is 1. The van der Waals surface area contributed by atoms with Crippen molar-refractivity contribution in [2.75, 3.05) is 0 Å². The van der Waals surface area contributed by atoms with Crippen molar-refractivity contribution < 1.29 is 9.32 Å². The summed E-state index contributed by atoms with van der Waals surface area (Å²) in [5.41, 5.74) is 1.08. The first-order valence-corrected chi connectivity index (χ1v) is 8.25. The fourth-order valence-electron chi connectivity index (χ4n) is 2.04. The van der Waals surface area contributed by atoms with Crippen LogP contribution in [0.3, 0.4) is 0 Å². The quantitative estimate of drug-likeness (QED) is 0.624. The third-order valence-electron chi connectivity index (χ3n) is 3.08. The van der Waals surface area contributed by atoms with E-state index in [0.717, 1.165) is 15.5 Å². The summed E-state index contributed by atoms with van der Waals surface area (Å²) in [6, 6.07) is 5.49. The van der Waals surface area contributed by atoms with Gasteiger partial charge in [-0.25, -0.2) is 4.98 Å². The first-order chi connectivity index (χ1) is 10.8. The second kappa shape index (κ2) is 5.39. The molecular formula is C14H10N4O2S2. The molecule has 0 bridgehead atoms. The number of hydrogen-bond donors (Lipinski definition) is 1. The largest absolute Gasteiger partial charge is 0.355 e. The number of aromatic nitrogens is 3. The topological polar surface area (TPSA) is 72.4 Å². The Morgan fingerprint density at radius 1 is 1.36 bits per heavy atom. The predicted molar refractivity (Wildman–Crippen MR) is 84.1 cm³/mol. The fraction of sp³-hybridized carbons (Fsp3) is 0.0714. The van der Waals surface area contributed by atoms with Crippen molar-refractivity contribution in [3.63, 3.8) is 0 Å². The van der Waals surface area contributed by atoms with E-state index >= 15 is 0 Å². The lowest BCUT2D eigenvalue weighted by atomic mass is 10.3. The maximum absolute atomic E-state index is 12.1. The lowest BCUT2D eigenvalue weighted by Gasteiger charge is -1.98. The van der Waals surface area contributed by atoms with Gasteiger partial charge in [-0.2, -0.15) is 0 Å². The third kappa shape index (κ3) is 2.42. The Kier molecular flexibility index (Phi) is 3.24. The van der Waals surface area contributed by atoms with Crippen LogP contribution in [0.4, 0.5) is 0 Å². The average Bonchev–Trinajstić information content (AvgIpc) is 3.26. The maximum atomic E-state index is 12.1. The number of thiazole rings is 1. The first-order valence-electron chi connectivity index (χ1n) is 6.49. The Balaban J connectivity index is 1.44. The molecule has 0 saturated heterocycles. The molecule has 110 valence electrons. The smallest absolute Gasteiger partial charge is 0.273 e. The zero-order valence-electron chi connectivity index (χ0n) is 11.2. The Bertz CT molecular complexity index is 891. The molecule has 1 amide bonds. The number of hydrogen-bond acceptors (Lipinski definition) is 6. The molecule has 0 fully saturated rings. The van der Waals surface area contributed by atoms with Crippen molar-refractivity contribution in [3.05, 3.63) is 52.7 Å². The van der Waals surface area contributed by atoms with Gasteiger partial charge >= 0.3 is 0 Å². The van der Waals surface area contributed by atoms with Gasteiger partial charge in [0.2, 0.25) is 0 Å². The van der Waals surface area contributed by atoms with Gasteiger partial charge in [0.1, 0.15) is 0 Å². The standard InChI is InChI=1S/C14H10N4O2S2/c19-13(10-6-11(20-17-10)12-2-1-4-21-12)15-7-9-8-18-3-5-22-14(18)16-9/h1-6,8H,7H2,(H,15,19). The number of amides is 1. The molecule has 0 aliphatic rings. The van der Waals surface area contributed by atoms with E-state index in [9.17, 15) is 4.79 Å². The molecule has 22 heavy (non-hydrogen) atoms. The lowest BCUT2D eigenvalue weighted by molar-refractivity contribution is 0.0941. The predicted octanol–water partition coefficient (Wildman–Crippen LogP) is 3.04. The molecular weight excluding hydrogens is 320 g/mol. The van der Waals surface area contributed by atoms with Gasteiger partial charge in [-0.1, -0.05) is 11.2 Å². The molecule has 0 aromatic carbocycles. The lowest BCUT2D eigenvalue weighted by Crippen LogP contribution is -2.23. The van der Waals surface area contributed by atoms with Crippen molar-refractivity contribution in [1.82, 2.24) is 19.9 Å². The van der Waals surface area contributed by atoms with Crippen molar-refractivity contribution >= 4 is 33.5 Å². The van der Waals surface area contributed by atoms with Gasteiger partial charge in [-0.3, -0.25) is 9.20 Å². The minimum Gasteiger partial charge on any atom is -0.355 e. The summed E-state index contributed by atoms with van der Waals surface area (Å²) in [6.07, 6.45) is 3.83. The molecule has 0 atom stereocenters. The fourth-order valence-corrected chi connectivity index (χ4v) is 3.43. The van der Waals surface area contributed by atoms with E-state index in [-0.39, 0.29) is 11.6 Å². The summed E-state index contributed by atoms with van der Waals surface area (Å²) in [5, 5.41) is 10.5. The van der Waals surface area contributed by atoms with Crippen LogP contribution in [0.5, 0.6) is 0 Å². The van der Waals surface area contributed by atoms with Crippen molar-refractivity contribution in [1.29, 1.82) is 0 Å². The number of carbonyl (C=O) groups is 1. The summed E-state index contributed by atoms with van der Waals surface area (Å²) in [5.74, 6) is 0.325. The molecule has 4 heterocycles. The van der Waals surface area contributed by atoms with E-state index in [0.29, 0.717) is 12.3 Å². The SMILES string of the molecule is O=C(NCc1cn2ccsc2n1)c1cc(-c2cccs2)on1. The number of thiophene rings is 1. The highest BCUT2D eigenvalue weighted by Gasteiger charge is 2.14. The van der Waals surface area contributed by atoms with Gasteiger partial charge in [0.25, 0.3) is 5.91 Å².